The van der Waals surface area contributed by atoms with Gasteiger partial charge in [0, 0.05) is 32.4 Å². The van der Waals surface area contributed by atoms with Crippen LogP contribution in [0, 0.1) is 0 Å². The quantitative estimate of drug-likeness (QED) is 0.207. The maximum Gasteiger partial charge on any atom is 0.0626 e. The normalized spacial score (nSPS) is 16.5. The first-order valence-electron chi connectivity index (χ1n) is 13.4. The molecule has 0 aliphatic heterocycles. The van der Waals surface area contributed by atoms with Crippen molar-refractivity contribution < 1.29 is 0 Å². The molecule has 2 aliphatic carbocycles. The van der Waals surface area contributed by atoms with Crippen LogP contribution in [0.25, 0.3) is 60.3 Å². The van der Waals surface area contributed by atoms with E-state index in [1.165, 1.54) is 82.6 Å². The molecule has 0 N–H and O–H groups in total. The van der Waals surface area contributed by atoms with Crippen LogP contribution < -0.4 is 0 Å². The third-order valence-electron chi connectivity index (χ3n) is 9.71. The number of aromatic nitrogens is 1. The van der Waals surface area contributed by atoms with E-state index in [4.69, 9.17) is 0 Å². The van der Waals surface area contributed by atoms with E-state index >= 15 is 0 Å². The van der Waals surface area contributed by atoms with Crippen LogP contribution in [0.1, 0.15) is 49.9 Å². The predicted octanol–water partition coefficient (Wildman–Crippen LogP) is 9.45. The minimum atomic E-state index is -0.0329. The molecule has 0 unspecified atom stereocenters. The Hall–Kier alpha value is -4.10. The van der Waals surface area contributed by atoms with Crippen molar-refractivity contribution in [2.24, 2.45) is 0 Å². The van der Waals surface area contributed by atoms with Gasteiger partial charge in [0.05, 0.1) is 16.6 Å². The monoisotopic (exact) mass is 473 g/mol. The number of rotatable bonds is 0. The van der Waals surface area contributed by atoms with E-state index in [0.717, 1.165) is 0 Å². The highest BCUT2D eigenvalue weighted by atomic mass is 14.9. The molecular weight excluding hydrogens is 446 g/mol. The van der Waals surface area contributed by atoms with Crippen molar-refractivity contribution in [2.45, 2.75) is 38.5 Å². The van der Waals surface area contributed by atoms with Crippen LogP contribution in [-0.2, 0) is 10.8 Å². The van der Waals surface area contributed by atoms with Crippen LogP contribution in [0.3, 0.4) is 0 Å². The van der Waals surface area contributed by atoms with E-state index in [9.17, 15) is 0 Å². The average Bonchev–Trinajstić information content (AvgIpc) is 3.56. The molecule has 2 aromatic heterocycles. The van der Waals surface area contributed by atoms with E-state index in [1.807, 2.05) is 0 Å². The Labute approximate surface area is 216 Å². The van der Waals surface area contributed by atoms with Gasteiger partial charge in [0.25, 0.3) is 0 Å². The lowest BCUT2D eigenvalue weighted by Crippen LogP contribution is -2.15. The van der Waals surface area contributed by atoms with Crippen molar-refractivity contribution in [3.05, 3.63) is 113 Å². The van der Waals surface area contributed by atoms with Crippen molar-refractivity contribution in [2.75, 3.05) is 0 Å². The smallest absolute Gasteiger partial charge is 0.0626 e. The zero-order valence-electron chi connectivity index (χ0n) is 21.6. The molecule has 1 nitrogen and oxygen atoms in total. The summed E-state index contributed by atoms with van der Waals surface area (Å²) >= 11 is 0. The van der Waals surface area contributed by atoms with Crippen molar-refractivity contribution >= 4 is 38.1 Å². The maximum absolute atomic E-state index is 2.55. The predicted molar refractivity (Wildman–Crippen MR) is 156 cm³/mol. The van der Waals surface area contributed by atoms with Gasteiger partial charge in [-0.25, -0.2) is 0 Å². The first-order valence-corrected chi connectivity index (χ1v) is 13.4. The van der Waals surface area contributed by atoms with Crippen molar-refractivity contribution in [1.82, 2.24) is 4.40 Å². The summed E-state index contributed by atoms with van der Waals surface area (Å²) in [5.41, 5.74) is 15.3. The van der Waals surface area contributed by atoms with E-state index in [-0.39, 0.29) is 10.8 Å². The van der Waals surface area contributed by atoms with Crippen molar-refractivity contribution in [3.8, 4) is 22.3 Å². The van der Waals surface area contributed by atoms with Gasteiger partial charge in [-0.05, 0) is 68.8 Å². The van der Waals surface area contributed by atoms with Crippen LogP contribution in [0.15, 0.2) is 91.0 Å². The molecule has 2 heterocycles. The molecule has 7 aromatic rings. The maximum atomic E-state index is 2.55. The minimum Gasteiger partial charge on any atom is -0.308 e. The number of benzene rings is 5. The third-order valence-corrected chi connectivity index (χ3v) is 9.71. The highest BCUT2D eigenvalue weighted by Gasteiger charge is 2.40. The summed E-state index contributed by atoms with van der Waals surface area (Å²) in [6.45, 7) is 9.57. The zero-order valence-corrected chi connectivity index (χ0v) is 21.6. The summed E-state index contributed by atoms with van der Waals surface area (Å²) in [4.78, 5) is 0. The molecule has 0 radical (unpaired) electrons. The van der Waals surface area contributed by atoms with Crippen LogP contribution >= 0.6 is 0 Å². The van der Waals surface area contributed by atoms with E-state index in [0.29, 0.717) is 0 Å². The molecule has 1 heteroatoms. The number of hydrogen-bond acceptors (Lipinski definition) is 0. The second-order valence-electron chi connectivity index (χ2n) is 12.2. The van der Waals surface area contributed by atoms with Gasteiger partial charge in [0.15, 0.2) is 0 Å². The SMILES string of the molecule is CC1(C)c2ccccc2-c2cc3c(cc21)c1c2c(cc4c5ccccc5n3c41)C(C)(C)c1ccccc1-2. The van der Waals surface area contributed by atoms with Gasteiger partial charge < -0.3 is 4.40 Å². The molecule has 5 aromatic carbocycles. The molecule has 176 valence electrons. The summed E-state index contributed by atoms with van der Waals surface area (Å²) < 4.78 is 2.55. The standard InChI is InChI=1S/C36H27N/c1-35(2)26-14-8-5-11-20(26)23-19-31-25(18-28(23)35)33-32-22-13-6-9-15-27(22)36(3,4)29(32)17-24-21-12-7-10-16-30(21)37(31)34(24)33/h5-19H,1-4H3. The molecular formula is C36H27N. The molecule has 0 atom stereocenters. The molecule has 0 fully saturated rings. The van der Waals surface area contributed by atoms with Crippen LogP contribution in [0.4, 0.5) is 0 Å². The van der Waals surface area contributed by atoms with E-state index < -0.39 is 0 Å². The van der Waals surface area contributed by atoms with Gasteiger partial charge in [-0.1, -0.05) is 94.4 Å². The summed E-state index contributed by atoms with van der Waals surface area (Å²) in [5.74, 6) is 0. The van der Waals surface area contributed by atoms with E-state index in [2.05, 4.69) is 123 Å². The van der Waals surface area contributed by atoms with Crippen LogP contribution in [0.5, 0.6) is 0 Å². The molecule has 0 bridgehead atoms. The molecule has 9 rings (SSSR count). The van der Waals surface area contributed by atoms with Gasteiger partial charge >= 0.3 is 0 Å². The summed E-state index contributed by atoms with van der Waals surface area (Å²) in [5, 5.41) is 5.53. The zero-order chi connectivity index (χ0) is 24.8. The molecule has 37 heavy (non-hydrogen) atoms. The Bertz CT molecular complexity index is 2130. The Morgan fingerprint density at radius 2 is 1.11 bits per heavy atom. The fraction of sp³-hybridized carbons (Fsp3) is 0.167. The van der Waals surface area contributed by atoms with Gasteiger partial charge in [-0.15, -0.1) is 0 Å². The third kappa shape index (κ3) is 2.09. The lowest BCUT2D eigenvalue weighted by atomic mass is 9.81. The van der Waals surface area contributed by atoms with Crippen molar-refractivity contribution in [3.63, 3.8) is 0 Å². The Balaban J connectivity index is 1.57. The highest BCUT2D eigenvalue weighted by molar-refractivity contribution is 6.28. The van der Waals surface area contributed by atoms with Gasteiger partial charge in [-0.3, -0.25) is 0 Å². The van der Waals surface area contributed by atoms with Crippen molar-refractivity contribution in [1.29, 1.82) is 0 Å². The Morgan fingerprint density at radius 3 is 1.92 bits per heavy atom. The molecule has 0 saturated heterocycles. The van der Waals surface area contributed by atoms with Gasteiger partial charge in [0.2, 0.25) is 0 Å². The van der Waals surface area contributed by atoms with Crippen LogP contribution in [-0.4, -0.2) is 4.40 Å². The van der Waals surface area contributed by atoms with Gasteiger partial charge in [0.1, 0.15) is 0 Å². The summed E-state index contributed by atoms with van der Waals surface area (Å²) in [6, 6.07) is 34.5. The number of nitrogens with zero attached hydrogens (tertiary/aromatic N) is 1. The fourth-order valence-electron chi connectivity index (χ4n) is 7.92. The molecule has 0 spiro atoms. The number of fused-ring (bicyclic) bond motifs is 13. The number of para-hydroxylation sites is 1. The Kier molecular flexibility index (Phi) is 3.28. The average molecular weight is 474 g/mol. The highest BCUT2D eigenvalue weighted by Crippen LogP contribution is 2.57. The van der Waals surface area contributed by atoms with Gasteiger partial charge in [-0.2, -0.15) is 0 Å². The van der Waals surface area contributed by atoms with Crippen LogP contribution in [0.2, 0.25) is 0 Å². The summed E-state index contributed by atoms with van der Waals surface area (Å²) in [7, 11) is 0. The first-order chi connectivity index (χ1) is 17.9. The molecule has 0 amide bonds. The largest absolute Gasteiger partial charge is 0.308 e. The fourth-order valence-corrected chi connectivity index (χ4v) is 7.92. The lowest BCUT2D eigenvalue weighted by molar-refractivity contribution is 0.661. The topological polar surface area (TPSA) is 4.41 Å². The first kappa shape index (κ1) is 20.0. The Morgan fingerprint density at radius 1 is 0.486 bits per heavy atom. The van der Waals surface area contributed by atoms with E-state index in [1.54, 1.807) is 0 Å². The second kappa shape index (κ2) is 6.06. The second-order valence-corrected chi connectivity index (χ2v) is 12.2. The molecule has 2 aliphatic rings. The molecule has 0 saturated carbocycles. The lowest BCUT2D eigenvalue weighted by Gasteiger charge is -2.22. The summed E-state index contributed by atoms with van der Waals surface area (Å²) in [6.07, 6.45) is 0. The minimum absolute atomic E-state index is 0.0193. The number of hydrogen-bond donors (Lipinski definition) is 0.